The van der Waals surface area contributed by atoms with Crippen LogP contribution in [0.15, 0.2) is 35.3 Å². The predicted molar refractivity (Wildman–Crippen MR) is 84.6 cm³/mol. The number of benzene rings is 1. The minimum Gasteiger partial charge on any atom is -0.369 e. The van der Waals surface area contributed by atoms with Crippen LogP contribution in [0.1, 0.15) is 31.2 Å². The van der Waals surface area contributed by atoms with Gasteiger partial charge in [0.1, 0.15) is 6.73 Å². The van der Waals surface area contributed by atoms with Crippen molar-refractivity contribution in [1.29, 1.82) is 0 Å². The maximum Gasteiger partial charge on any atom is 0.228 e. The molecule has 22 heavy (non-hydrogen) atoms. The van der Waals surface area contributed by atoms with Crippen LogP contribution in [0, 0.1) is 0 Å². The molecule has 2 aromatic rings. The smallest absolute Gasteiger partial charge is 0.228 e. The summed E-state index contributed by atoms with van der Waals surface area (Å²) in [4.78, 5) is 25.0. The van der Waals surface area contributed by atoms with Gasteiger partial charge in [-0.2, -0.15) is 0 Å². The van der Waals surface area contributed by atoms with Gasteiger partial charge in [0, 0.05) is 24.3 Å². The van der Waals surface area contributed by atoms with Gasteiger partial charge in [-0.1, -0.05) is 25.0 Å². The standard InChI is InChI=1S/C17H20N2O3/c1-22-11-19-10-13(17(16(18)21)8-4-5-9-17)15(20)12-6-2-3-7-14(12)19/h2-3,6-7,10H,4-5,8-9,11H2,1H3,(H2,18,21). The van der Waals surface area contributed by atoms with Gasteiger partial charge in [-0.05, 0) is 25.0 Å². The van der Waals surface area contributed by atoms with Gasteiger partial charge in [-0.25, -0.2) is 0 Å². The molecule has 2 N–H and O–H groups in total. The van der Waals surface area contributed by atoms with E-state index in [0.29, 0.717) is 30.5 Å². The normalized spacial score (nSPS) is 17.0. The van der Waals surface area contributed by atoms with Crippen LogP contribution < -0.4 is 11.2 Å². The third-order valence-electron chi connectivity index (χ3n) is 4.70. The van der Waals surface area contributed by atoms with E-state index in [2.05, 4.69) is 0 Å². The molecule has 3 rings (SSSR count). The number of ether oxygens (including phenoxy) is 1. The van der Waals surface area contributed by atoms with Crippen molar-refractivity contribution < 1.29 is 9.53 Å². The van der Waals surface area contributed by atoms with E-state index in [4.69, 9.17) is 10.5 Å². The van der Waals surface area contributed by atoms with E-state index in [9.17, 15) is 9.59 Å². The molecule has 1 aromatic carbocycles. The van der Waals surface area contributed by atoms with E-state index < -0.39 is 11.3 Å². The molecule has 1 aliphatic rings. The summed E-state index contributed by atoms with van der Waals surface area (Å²) in [7, 11) is 1.60. The van der Waals surface area contributed by atoms with Gasteiger partial charge in [-0.3, -0.25) is 9.59 Å². The summed E-state index contributed by atoms with van der Waals surface area (Å²) in [6, 6.07) is 7.38. The number of rotatable bonds is 4. The topological polar surface area (TPSA) is 74.3 Å². The van der Waals surface area contributed by atoms with Crippen molar-refractivity contribution in [2.45, 2.75) is 37.8 Å². The largest absolute Gasteiger partial charge is 0.369 e. The highest BCUT2D eigenvalue weighted by molar-refractivity contribution is 5.89. The van der Waals surface area contributed by atoms with Crippen molar-refractivity contribution in [1.82, 2.24) is 4.57 Å². The van der Waals surface area contributed by atoms with Gasteiger partial charge < -0.3 is 15.0 Å². The lowest BCUT2D eigenvalue weighted by molar-refractivity contribution is -0.123. The Labute approximate surface area is 128 Å². The molecule has 0 spiro atoms. The number of para-hydroxylation sites is 1. The Balaban J connectivity index is 2.32. The summed E-state index contributed by atoms with van der Waals surface area (Å²) >= 11 is 0. The molecule has 1 aromatic heterocycles. The molecule has 0 aliphatic heterocycles. The van der Waals surface area contributed by atoms with Gasteiger partial charge >= 0.3 is 0 Å². The Morgan fingerprint density at radius 2 is 2.00 bits per heavy atom. The Hall–Kier alpha value is -2.14. The molecular formula is C17H20N2O3. The third-order valence-corrected chi connectivity index (χ3v) is 4.70. The van der Waals surface area contributed by atoms with Gasteiger partial charge in [0.15, 0.2) is 5.43 Å². The van der Waals surface area contributed by atoms with Crippen molar-refractivity contribution in [2.75, 3.05) is 7.11 Å². The first-order valence-corrected chi connectivity index (χ1v) is 7.52. The highest BCUT2D eigenvalue weighted by Gasteiger charge is 2.43. The second-order valence-electron chi connectivity index (χ2n) is 5.93. The second-order valence-corrected chi connectivity index (χ2v) is 5.93. The predicted octanol–water partition coefficient (Wildman–Crippen LogP) is 1.90. The number of aromatic nitrogens is 1. The summed E-state index contributed by atoms with van der Waals surface area (Å²) in [6.07, 6.45) is 4.87. The highest BCUT2D eigenvalue weighted by atomic mass is 16.5. The number of fused-ring (bicyclic) bond motifs is 1. The molecule has 5 nitrogen and oxygen atoms in total. The van der Waals surface area contributed by atoms with Gasteiger partial charge in [-0.15, -0.1) is 0 Å². The van der Waals surface area contributed by atoms with Crippen LogP contribution in [0.4, 0.5) is 0 Å². The maximum absolute atomic E-state index is 12.9. The van der Waals surface area contributed by atoms with Crippen molar-refractivity contribution in [3.63, 3.8) is 0 Å². The number of hydrogen-bond acceptors (Lipinski definition) is 3. The first kappa shape index (κ1) is 14.8. The monoisotopic (exact) mass is 300 g/mol. The third kappa shape index (κ3) is 2.13. The first-order valence-electron chi connectivity index (χ1n) is 7.52. The Bertz CT molecular complexity index is 773. The lowest BCUT2D eigenvalue weighted by Gasteiger charge is -2.26. The molecule has 1 heterocycles. The minimum atomic E-state index is -0.837. The van der Waals surface area contributed by atoms with Crippen molar-refractivity contribution in [2.24, 2.45) is 5.73 Å². The van der Waals surface area contributed by atoms with Crippen LogP contribution in [-0.2, 0) is 21.7 Å². The average molecular weight is 300 g/mol. The summed E-state index contributed by atoms with van der Waals surface area (Å²) in [5.41, 5.74) is 6.06. The van der Waals surface area contributed by atoms with E-state index in [0.717, 1.165) is 18.4 Å². The number of amides is 1. The van der Waals surface area contributed by atoms with Crippen LogP contribution in [0.3, 0.4) is 0 Å². The number of nitrogens with two attached hydrogens (primary N) is 1. The second kappa shape index (κ2) is 5.57. The fourth-order valence-corrected chi connectivity index (χ4v) is 3.56. The van der Waals surface area contributed by atoms with Gasteiger partial charge in [0.05, 0.1) is 10.9 Å². The van der Waals surface area contributed by atoms with E-state index in [-0.39, 0.29) is 5.43 Å². The van der Waals surface area contributed by atoms with E-state index in [1.807, 2.05) is 22.8 Å². The molecule has 1 aliphatic carbocycles. The summed E-state index contributed by atoms with van der Waals surface area (Å²) in [5.74, 6) is -0.402. The summed E-state index contributed by atoms with van der Waals surface area (Å²) in [6.45, 7) is 0.322. The van der Waals surface area contributed by atoms with Crippen molar-refractivity contribution >= 4 is 16.8 Å². The molecule has 0 radical (unpaired) electrons. The molecular weight excluding hydrogens is 280 g/mol. The highest BCUT2D eigenvalue weighted by Crippen LogP contribution is 2.40. The van der Waals surface area contributed by atoms with Crippen LogP contribution in [0.25, 0.3) is 10.9 Å². The van der Waals surface area contributed by atoms with E-state index >= 15 is 0 Å². The fraction of sp³-hybridized carbons (Fsp3) is 0.412. The SMILES string of the molecule is COCn1cc(C2(C(N)=O)CCCC2)c(=O)c2ccccc21. The van der Waals surface area contributed by atoms with Crippen LogP contribution in [0.2, 0.25) is 0 Å². The first-order chi connectivity index (χ1) is 10.6. The molecule has 0 bridgehead atoms. The number of primary amides is 1. The maximum atomic E-state index is 12.9. The molecule has 0 saturated heterocycles. The zero-order valence-corrected chi connectivity index (χ0v) is 12.7. The van der Waals surface area contributed by atoms with Gasteiger partial charge in [0.2, 0.25) is 5.91 Å². The molecule has 1 amide bonds. The van der Waals surface area contributed by atoms with Crippen molar-refractivity contribution in [3.8, 4) is 0 Å². The number of carbonyl (C=O) groups is 1. The molecule has 116 valence electrons. The summed E-state index contributed by atoms with van der Waals surface area (Å²) < 4.78 is 7.10. The minimum absolute atomic E-state index is 0.0938. The Morgan fingerprint density at radius 3 is 2.64 bits per heavy atom. The van der Waals surface area contributed by atoms with Gasteiger partial charge in [0.25, 0.3) is 0 Å². The molecule has 0 atom stereocenters. The van der Waals surface area contributed by atoms with Crippen LogP contribution in [-0.4, -0.2) is 17.6 Å². The Kier molecular flexibility index (Phi) is 3.74. The zero-order chi connectivity index (χ0) is 15.7. The lowest BCUT2D eigenvalue weighted by atomic mass is 9.78. The molecule has 5 heteroatoms. The number of carbonyl (C=O) groups excluding carboxylic acids is 1. The number of methoxy groups -OCH3 is 1. The summed E-state index contributed by atoms with van der Waals surface area (Å²) in [5, 5.41) is 0.601. The average Bonchev–Trinajstić information content (AvgIpc) is 3.01. The quantitative estimate of drug-likeness (QED) is 0.937. The number of nitrogens with zero attached hydrogens (tertiary/aromatic N) is 1. The van der Waals surface area contributed by atoms with Crippen LogP contribution in [0.5, 0.6) is 0 Å². The zero-order valence-electron chi connectivity index (χ0n) is 12.7. The van der Waals surface area contributed by atoms with Crippen LogP contribution >= 0.6 is 0 Å². The Morgan fingerprint density at radius 1 is 1.32 bits per heavy atom. The molecule has 0 unspecified atom stereocenters. The fourth-order valence-electron chi connectivity index (χ4n) is 3.56. The number of pyridine rings is 1. The lowest BCUT2D eigenvalue weighted by Crippen LogP contribution is -2.42. The van der Waals surface area contributed by atoms with Crippen molar-refractivity contribution in [3.05, 3.63) is 46.2 Å². The molecule has 1 saturated carbocycles. The molecule has 1 fully saturated rings. The van der Waals surface area contributed by atoms with E-state index in [1.165, 1.54) is 0 Å². The van der Waals surface area contributed by atoms with E-state index in [1.54, 1.807) is 19.4 Å². The number of hydrogen-bond donors (Lipinski definition) is 1.